The highest BCUT2D eigenvalue weighted by molar-refractivity contribution is 5.95. The van der Waals surface area contributed by atoms with Gasteiger partial charge in [0.05, 0.1) is 6.61 Å². The van der Waals surface area contributed by atoms with Crippen molar-refractivity contribution in [3.05, 3.63) is 89.6 Å². The average Bonchev–Trinajstić information content (AvgIpc) is 3.08. The molecule has 1 N–H and O–H groups in total. The van der Waals surface area contributed by atoms with Crippen molar-refractivity contribution in [2.75, 3.05) is 11.9 Å². The molecule has 0 radical (unpaired) electrons. The number of ether oxygens (including phenoxy) is 1. The maximum Gasteiger partial charge on any atom is 0.251 e. The quantitative estimate of drug-likeness (QED) is 0.502. The molecule has 0 saturated carbocycles. The second-order valence-electron chi connectivity index (χ2n) is 6.87. The summed E-state index contributed by atoms with van der Waals surface area (Å²) in [5, 5.41) is 2.73. The minimum absolute atomic E-state index is 0.0307. The van der Waals surface area contributed by atoms with Crippen molar-refractivity contribution in [1.82, 2.24) is 9.38 Å². The Bertz CT molecular complexity index is 1210. The molecule has 0 atom stereocenters. The molecule has 4 rings (SSSR count). The molecular weight excluding hydrogens is 388 g/mol. The number of rotatable bonds is 6. The summed E-state index contributed by atoms with van der Waals surface area (Å²) in [4.78, 5) is 16.9. The number of halogens is 2. The average molecular weight is 407 g/mol. The lowest BCUT2D eigenvalue weighted by molar-refractivity contribution is -0.121. The number of imidazole rings is 1. The fourth-order valence-electron chi connectivity index (χ4n) is 3.14. The Morgan fingerprint density at radius 3 is 2.70 bits per heavy atom. The van der Waals surface area contributed by atoms with Crippen molar-refractivity contribution in [2.24, 2.45) is 0 Å². The number of aryl methyl sites for hydroxylation is 1. The predicted octanol–water partition coefficient (Wildman–Crippen LogP) is 4.74. The predicted molar refractivity (Wildman–Crippen MR) is 110 cm³/mol. The SMILES string of the molecule is Cc1ccn2c(NC(=O)COCc3ccccc3)c(-c3cccc(F)c3F)nc2c1. The highest BCUT2D eigenvalue weighted by atomic mass is 19.2. The number of benzene rings is 2. The van der Waals surface area contributed by atoms with Crippen LogP contribution < -0.4 is 5.32 Å². The van der Waals surface area contributed by atoms with Gasteiger partial charge >= 0.3 is 0 Å². The van der Waals surface area contributed by atoms with Gasteiger partial charge in [0.1, 0.15) is 23.8 Å². The summed E-state index contributed by atoms with van der Waals surface area (Å²) >= 11 is 0. The summed E-state index contributed by atoms with van der Waals surface area (Å²) in [6, 6.07) is 17.0. The van der Waals surface area contributed by atoms with Crippen LogP contribution in [0.4, 0.5) is 14.6 Å². The Balaban J connectivity index is 1.62. The molecule has 4 aromatic rings. The zero-order valence-electron chi connectivity index (χ0n) is 16.2. The summed E-state index contributed by atoms with van der Waals surface area (Å²) < 4.78 is 35.3. The zero-order chi connectivity index (χ0) is 21.1. The number of aromatic nitrogens is 2. The molecule has 0 aliphatic rings. The molecule has 5 nitrogen and oxygen atoms in total. The van der Waals surface area contributed by atoms with Crippen LogP contribution in [0.3, 0.4) is 0 Å². The maximum absolute atomic E-state index is 14.4. The number of fused-ring (bicyclic) bond motifs is 1. The third kappa shape index (κ3) is 4.06. The molecule has 0 aliphatic carbocycles. The molecule has 0 unspecified atom stereocenters. The molecular formula is C23H19F2N3O2. The zero-order valence-corrected chi connectivity index (χ0v) is 16.2. The van der Waals surface area contributed by atoms with Crippen molar-refractivity contribution in [1.29, 1.82) is 0 Å². The van der Waals surface area contributed by atoms with Crippen molar-refractivity contribution in [3.63, 3.8) is 0 Å². The van der Waals surface area contributed by atoms with E-state index in [-0.39, 0.29) is 30.3 Å². The second-order valence-corrected chi connectivity index (χ2v) is 6.87. The van der Waals surface area contributed by atoms with Gasteiger partial charge in [-0.2, -0.15) is 0 Å². The van der Waals surface area contributed by atoms with Gasteiger partial charge in [-0.3, -0.25) is 9.20 Å². The number of nitrogens with zero attached hydrogens (tertiary/aromatic N) is 2. The standard InChI is InChI=1S/C23H19F2N3O2/c1-15-10-11-28-19(12-15)26-22(17-8-5-9-18(24)21(17)25)23(28)27-20(29)14-30-13-16-6-3-2-4-7-16/h2-12H,13-14H2,1H3,(H,27,29). The molecule has 0 spiro atoms. The van der Waals surface area contributed by atoms with Gasteiger partial charge < -0.3 is 10.1 Å². The molecule has 2 aromatic heterocycles. The third-order valence-electron chi connectivity index (χ3n) is 4.59. The third-order valence-corrected chi connectivity index (χ3v) is 4.59. The molecule has 0 bridgehead atoms. The van der Waals surface area contributed by atoms with Crippen LogP contribution in [0.5, 0.6) is 0 Å². The van der Waals surface area contributed by atoms with Crippen molar-refractivity contribution in [2.45, 2.75) is 13.5 Å². The maximum atomic E-state index is 14.4. The first-order chi connectivity index (χ1) is 14.5. The van der Waals surface area contributed by atoms with Crippen LogP contribution in [0.2, 0.25) is 0 Å². The van der Waals surface area contributed by atoms with Gasteiger partial charge in [0.25, 0.3) is 5.91 Å². The van der Waals surface area contributed by atoms with Crippen LogP contribution in [0.15, 0.2) is 66.9 Å². The van der Waals surface area contributed by atoms with Crippen LogP contribution in [-0.2, 0) is 16.1 Å². The van der Waals surface area contributed by atoms with Crippen LogP contribution in [-0.4, -0.2) is 21.9 Å². The van der Waals surface area contributed by atoms with E-state index in [0.29, 0.717) is 5.65 Å². The number of amides is 1. The number of carbonyl (C=O) groups is 1. The molecule has 1 amide bonds. The first kappa shape index (κ1) is 19.7. The first-order valence-electron chi connectivity index (χ1n) is 9.37. The van der Waals surface area contributed by atoms with Crippen molar-refractivity contribution >= 4 is 17.4 Å². The highest BCUT2D eigenvalue weighted by Crippen LogP contribution is 2.31. The van der Waals surface area contributed by atoms with Crippen LogP contribution in [0.25, 0.3) is 16.9 Å². The number of nitrogens with one attached hydrogen (secondary N) is 1. The Hall–Kier alpha value is -3.58. The van der Waals surface area contributed by atoms with Crippen LogP contribution in [0, 0.1) is 18.6 Å². The Kier molecular flexibility index (Phi) is 5.54. The van der Waals surface area contributed by atoms with Crippen LogP contribution in [0.1, 0.15) is 11.1 Å². The summed E-state index contributed by atoms with van der Waals surface area (Å²) in [5.41, 5.74) is 2.51. The largest absolute Gasteiger partial charge is 0.367 e. The topological polar surface area (TPSA) is 55.6 Å². The first-order valence-corrected chi connectivity index (χ1v) is 9.37. The smallest absolute Gasteiger partial charge is 0.251 e. The summed E-state index contributed by atoms with van der Waals surface area (Å²) in [6.45, 7) is 1.98. The molecule has 30 heavy (non-hydrogen) atoms. The molecule has 2 heterocycles. The molecule has 2 aromatic carbocycles. The van der Waals surface area contributed by atoms with E-state index in [1.807, 2.05) is 43.3 Å². The van der Waals surface area contributed by atoms with Crippen molar-refractivity contribution < 1.29 is 18.3 Å². The van der Waals surface area contributed by atoms with Gasteiger partial charge in [0, 0.05) is 11.8 Å². The van der Waals surface area contributed by atoms with Crippen LogP contribution >= 0.6 is 0 Å². The van der Waals surface area contributed by atoms with E-state index < -0.39 is 17.5 Å². The van der Waals surface area contributed by atoms with E-state index >= 15 is 0 Å². The molecule has 0 aliphatic heterocycles. The van der Waals surface area contributed by atoms with Crippen molar-refractivity contribution in [3.8, 4) is 11.3 Å². The lowest BCUT2D eigenvalue weighted by Crippen LogP contribution is -2.19. The van der Waals surface area contributed by atoms with Gasteiger partial charge in [-0.25, -0.2) is 13.8 Å². The normalized spacial score (nSPS) is 11.0. The summed E-state index contributed by atoms with van der Waals surface area (Å²) in [5.74, 6) is -2.17. The van der Waals surface area contributed by atoms with E-state index in [1.54, 1.807) is 16.7 Å². The monoisotopic (exact) mass is 407 g/mol. The fraction of sp³-hybridized carbons (Fsp3) is 0.130. The number of carbonyl (C=O) groups excluding carboxylic acids is 1. The van der Waals surface area contributed by atoms with Gasteiger partial charge in [0.2, 0.25) is 0 Å². The van der Waals surface area contributed by atoms with E-state index in [4.69, 9.17) is 4.74 Å². The Labute approximate surface area is 171 Å². The lowest BCUT2D eigenvalue weighted by Gasteiger charge is -2.09. The molecule has 7 heteroatoms. The van der Waals surface area contributed by atoms with Gasteiger partial charge in [-0.15, -0.1) is 0 Å². The number of hydrogen-bond donors (Lipinski definition) is 1. The molecule has 0 fully saturated rings. The van der Waals surface area contributed by atoms with Gasteiger partial charge in [-0.05, 0) is 42.3 Å². The summed E-state index contributed by atoms with van der Waals surface area (Å²) in [7, 11) is 0. The Morgan fingerprint density at radius 1 is 1.10 bits per heavy atom. The van der Waals surface area contributed by atoms with E-state index in [2.05, 4.69) is 10.3 Å². The van der Waals surface area contributed by atoms with E-state index in [1.165, 1.54) is 12.1 Å². The number of pyridine rings is 1. The molecule has 152 valence electrons. The Morgan fingerprint density at radius 2 is 1.90 bits per heavy atom. The van der Waals surface area contributed by atoms with Gasteiger partial charge in [0.15, 0.2) is 11.6 Å². The highest BCUT2D eigenvalue weighted by Gasteiger charge is 2.20. The molecule has 0 saturated heterocycles. The summed E-state index contributed by atoms with van der Waals surface area (Å²) in [6.07, 6.45) is 1.72. The minimum atomic E-state index is -1.02. The van der Waals surface area contributed by atoms with Gasteiger partial charge in [-0.1, -0.05) is 36.4 Å². The fourth-order valence-corrected chi connectivity index (χ4v) is 3.14. The van der Waals surface area contributed by atoms with E-state index in [0.717, 1.165) is 17.2 Å². The second kappa shape index (κ2) is 8.42. The van der Waals surface area contributed by atoms with E-state index in [9.17, 15) is 13.6 Å². The number of anilines is 1. The lowest BCUT2D eigenvalue weighted by atomic mass is 10.1. The number of hydrogen-bond acceptors (Lipinski definition) is 3. The minimum Gasteiger partial charge on any atom is -0.367 e.